The van der Waals surface area contributed by atoms with E-state index >= 15 is 0 Å². The molecular weight excluding hydrogens is 536 g/mol. The van der Waals surface area contributed by atoms with Gasteiger partial charge in [-0.2, -0.15) is 0 Å². The van der Waals surface area contributed by atoms with Crippen LogP contribution in [0.5, 0.6) is 23.0 Å². The number of phenolic OH excluding ortho intramolecular Hbond substituents is 2. The number of aromatic hydroxyl groups is 2. The number of phenols is 2. The first-order valence-electron chi connectivity index (χ1n) is 12.3. The number of aliphatic hydroxyl groups excluding tert-OH is 6. The average molecular weight is 564 g/mol. The van der Waals surface area contributed by atoms with Crippen molar-refractivity contribution in [1.82, 2.24) is 0 Å². The molecule has 9 atom stereocenters. The van der Waals surface area contributed by atoms with Gasteiger partial charge >= 0.3 is 0 Å². The molecule has 5 rings (SSSR count). The third-order valence-corrected chi connectivity index (χ3v) is 6.80. The van der Waals surface area contributed by atoms with Gasteiger partial charge in [0.1, 0.15) is 59.1 Å². The van der Waals surface area contributed by atoms with Gasteiger partial charge < -0.3 is 64.2 Å². The first-order valence-corrected chi connectivity index (χ1v) is 12.3. The zero-order valence-corrected chi connectivity index (χ0v) is 20.9. The van der Waals surface area contributed by atoms with Crippen LogP contribution in [-0.2, 0) is 9.47 Å². The fourth-order valence-electron chi connectivity index (χ4n) is 4.47. The van der Waals surface area contributed by atoms with Crippen molar-refractivity contribution in [2.75, 3.05) is 6.61 Å². The molecule has 0 saturated carbocycles. The molecule has 3 aromatic rings. The summed E-state index contributed by atoms with van der Waals surface area (Å²) in [6, 6.07) is 7.98. The largest absolute Gasteiger partial charge is 0.508 e. The quantitative estimate of drug-likeness (QED) is 0.184. The van der Waals surface area contributed by atoms with Gasteiger partial charge in [-0.3, -0.25) is 4.79 Å². The topological polar surface area (TPSA) is 229 Å². The molecule has 2 aromatic carbocycles. The van der Waals surface area contributed by atoms with E-state index in [2.05, 4.69) is 0 Å². The van der Waals surface area contributed by atoms with Gasteiger partial charge in [-0.1, -0.05) is 0 Å². The highest BCUT2D eigenvalue weighted by molar-refractivity contribution is 5.89. The van der Waals surface area contributed by atoms with Crippen molar-refractivity contribution in [2.45, 2.75) is 62.2 Å². The molecule has 2 aliphatic heterocycles. The molecule has 14 nitrogen and oxygen atoms in total. The third-order valence-electron chi connectivity index (χ3n) is 6.80. The van der Waals surface area contributed by atoms with Crippen molar-refractivity contribution < 1.29 is 64.2 Å². The van der Waals surface area contributed by atoms with Gasteiger partial charge in [0.2, 0.25) is 18.3 Å². The zero-order valence-electron chi connectivity index (χ0n) is 20.9. The van der Waals surface area contributed by atoms with Crippen molar-refractivity contribution in [3.63, 3.8) is 0 Å². The molecule has 216 valence electrons. The van der Waals surface area contributed by atoms with E-state index in [4.69, 9.17) is 23.4 Å². The van der Waals surface area contributed by atoms with Crippen molar-refractivity contribution in [2.24, 2.45) is 0 Å². The predicted molar refractivity (Wildman–Crippen MR) is 133 cm³/mol. The standard InChI is InChI=1S/C26H28O14/c1-9-18(30)21(33)23(35)26(37-9)39-16-7-15-17(12(28)6-14(38-15)10-2-4-11(27)5-3-10)20(32)24(16)40-25-22(34)19(31)13(29)8-36-25/h2-7,9,13,18-19,21-23,25-27,29-35H,8H2,1H3/t9-,13+,18+,19-,21-,22-,23-,25+,26-/m1/s1. The average Bonchev–Trinajstić information content (AvgIpc) is 2.92. The molecule has 0 spiro atoms. The fourth-order valence-corrected chi connectivity index (χ4v) is 4.47. The van der Waals surface area contributed by atoms with Crippen LogP contribution in [0.2, 0.25) is 0 Å². The van der Waals surface area contributed by atoms with Gasteiger partial charge in [0.25, 0.3) is 0 Å². The van der Waals surface area contributed by atoms with Gasteiger partial charge in [0, 0.05) is 17.7 Å². The lowest BCUT2D eigenvalue weighted by Crippen LogP contribution is -2.58. The van der Waals surface area contributed by atoms with Gasteiger partial charge in [0.15, 0.2) is 16.9 Å². The molecular formula is C26H28O14. The van der Waals surface area contributed by atoms with E-state index in [-0.39, 0.29) is 22.5 Å². The molecule has 14 heteroatoms. The Bertz CT molecular complexity index is 1420. The summed E-state index contributed by atoms with van der Waals surface area (Å²) >= 11 is 0. The normalized spacial score (nSPS) is 32.6. The second-order valence-electron chi connectivity index (χ2n) is 9.61. The SMILES string of the molecule is C[C@H]1O[C@H](Oc2cc3oc(-c4ccc(O)cc4)cc(=O)c3c(O)c2O[C@@H]2OC[C@H](O)[C@@H](O)[C@H]2O)[C@H](O)[C@H](O)[C@H]1O. The Morgan fingerprint density at radius 1 is 0.825 bits per heavy atom. The maximum Gasteiger partial charge on any atom is 0.229 e. The second kappa shape index (κ2) is 10.8. The highest BCUT2D eigenvalue weighted by Gasteiger charge is 2.44. The number of ether oxygens (including phenoxy) is 4. The van der Waals surface area contributed by atoms with E-state index in [9.17, 15) is 45.6 Å². The molecule has 0 radical (unpaired) electrons. The summed E-state index contributed by atoms with van der Waals surface area (Å²) in [5, 5.41) is 81.2. The van der Waals surface area contributed by atoms with E-state index in [1.54, 1.807) is 0 Å². The van der Waals surface area contributed by atoms with Crippen LogP contribution in [0.3, 0.4) is 0 Å². The lowest BCUT2D eigenvalue weighted by Gasteiger charge is -2.39. The first-order chi connectivity index (χ1) is 19.0. The van der Waals surface area contributed by atoms with E-state index < -0.39 is 84.6 Å². The Morgan fingerprint density at radius 3 is 2.20 bits per heavy atom. The molecule has 1 aromatic heterocycles. The molecule has 2 fully saturated rings. The van der Waals surface area contributed by atoms with Crippen LogP contribution >= 0.6 is 0 Å². The van der Waals surface area contributed by atoms with Crippen LogP contribution < -0.4 is 14.9 Å². The van der Waals surface area contributed by atoms with Crippen molar-refractivity contribution >= 4 is 11.0 Å². The number of fused-ring (bicyclic) bond motifs is 1. The van der Waals surface area contributed by atoms with Crippen LogP contribution in [0.15, 0.2) is 45.6 Å². The molecule has 8 N–H and O–H groups in total. The second-order valence-corrected chi connectivity index (χ2v) is 9.61. The number of hydrogen-bond acceptors (Lipinski definition) is 14. The lowest BCUT2D eigenvalue weighted by molar-refractivity contribution is -0.269. The van der Waals surface area contributed by atoms with Crippen LogP contribution in [0.1, 0.15) is 6.92 Å². The highest BCUT2D eigenvalue weighted by atomic mass is 16.7. The zero-order chi connectivity index (χ0) is 28.9. The summed E-state index contributed by atoms with van der Waals surface area (Å²) in [5.41, 5.74) is -0.489. The summed E-state index contributed by atoms with van der Waals surface area (Å²) in [4.78, 5) is 13.1. The Morgan fingerprint density at radius 2 is 1.50 bits per heavy atom. The Labute approximate surface area is 225 Å². The van der Waals surface area contributed by atoms with Crippen molar-refractivity contribution in [1.29, 1.82) is 0 Å². The lowest BCUT2D eigenvalue weighted by atomic mass is 10.00. The van der Waals surface area contributed by atoms with Crippen molar-refractivity contribution in [3.05, 3.63) is 46.6 Å². The van der Waals surface area contributed by atoms with Gasteiger partial charge in [-0.05, 0) is 31.2 Å². The van der Waals surface area contributed by atoms with Gasteiger partial charge in [-0.15, -0.1) is 0 Å². The molecule has 2 saturated heterocycles. The van der Waals surface area contributed by atoms with E-state index in [0.717, 1.165) is 12.1 Å². The maximum atomic E-state index is 13.1. The molecule has 0 aliphatic carbocycles. The summed E-state index contributed by atoms with van der Waals surface area (Å²) in [7, 11) is 0. The minimum atomic E-state index is -1.78. The summed E-state index contributed by atoms with van der Waals surface area (Å²) in [5.74, 6) is -1.73. The maximum absolute atomic E-state index is 13.1. The molecule has 2 aliphatic rings. The number of hydrogen-bond donors (Lipinski definition) is 8. The molecule has 3 heterocycles. The molecule has 0 bridgehead atoms. The predicted octanol–water partition coefficient (Wildman–Crippen LogP) is -1.10. The van der Waals surface area contributed by atoms with Gasteiger partial charge in [-0.25, -0.2) is 0 Å². The van der Waals surface area contributed by atoms with Crippen LogP contribution in [0.25, 0.3) is 22.3 Å². The van der Waals surface area contributed by atoms with Crippen molar-refractivity contribution in [3.8, 4) is 34.3 Å². The Balaban J connectivity index is 1.61. The van der Waals surface area contributed by atoms with Crippen LogP contribution in [0, 0.1) is 0 Å². The first kappa shape index (κ1) is 28.1. The van der Waals surface area contributed by atoms with Crippen LogP contribution in [-0.4, -0.2) is 103 Å². The molecule has 0 amide bonds. The molecule has 0 unspecified atom stereocenters. The minimum Gasteiger partial charge on any atom is -0.508 e. The smallest absolute Gasteiger partial charge is 0.229 e. The summed E-state index contributed by atoms with van der Waals surface area (Å²) < 4.78 is 27.9. The minimum absolute atomic E-state index is 0.0145. The Kier molecular flexibility index (Phi) is 7.60. The fraction of sp³-hybridized carbons (Fsp3) is 0.423. The van der Waals surface area contributed by atoms with E-state index in [1.807, 2.05) is 0 Å². The Hall–Kier alpha value is -3.47. The van der Waals surface area contributed by atoms with Gasteiger partial charge in [0.05, 0.1) is 12.7 Å². The van der Waals surface area contributed by atoms with E-state index in [1.165, 1.54) is 31.2 Å². The number of benzene rings is 2. The number of aliphatic hydroxyl groups is 6. The third kappa shape index (κ3) is 5.07. The molecule has 40 heavy (non-hydrogen) atoms. The summed E-state index contributed by atoms with van der Waals surface area (Å²) in [6.07, 6.45) is -14.0. The summed E-state index contributed by atoms with van der Waals surface area (Å²) in [6.45, 7) is 0.991. The van der Waals surface area contributed by atoms with Crippen LogP contribution in [0.4, 0.5) is 0 Å². The highest BCUT2D eigenvalue weighted by Crippen LogP contribution is 2.45. The van der Waals surface area contributed by atoms with E-state index in [0.29, 0.717) is 5.56 Å². The number of rotatable bonds is 5. The monoisotopic (exact) mass is 564 g/mol.